The Morgan fingerprint density at radius 2 is 2.32 bits per heavy atom. The summed E-state index contributed by atoms with van der Waals surface area (Å²) in [4.78, 5) is 18.7. The van der Waals surface area contributed by atoms with Crippen molar-refractivity contribution in [2.75, 3.05) is 7.05 Å². The fourth-order valence-electron chi connectivity index (χ4n) is 1.66. The number of amides is 1. The largest absolute Gasteiger partial charge is 0.353 e. The Bertz CT molecular complexity index is 765. The van der Waals surface area contributed by atoms with Gasteiger partial charge in [-0.05, 0) is 6.07 Å². The number of carbonyl (C=O) groups excluding carboxylic acids is 1. The standard InChI is InChI=1S/C11H8ClN5OS/c1-13-9(18)11-17-16-10(19-11)6-4-15-8-5(7(6)12)2-3-14-8/h2-4H,1H3,(H,13,18)(H,14,15). The first-order valence-corrected chi connectivity index (χ1v) is 6.57. The number of pyridine rings is 1. The van der Waals surface area contributed by atoms with Gasteiger partial charge in [0.15, 0.2) is 5.01 Å². The number of aromatic nitrogens is 4. The van der Waals surface area contributed by atoms with E-state index < -0.39 is 0 Å². The summed E-state index contributed by atoms with van der Waals surface area (Å²) in [5, 5.41) is 12.5. The Morgan fingerprint density at radius 1 is 1.47 bits per heavy atom. The smallest absolute Gasteiger partial charge is 0.282 e. The van der Waals surface area contributed by atoms with E-state index in [1.165, 1.54) is 11.3 Å². The van der Waals surface area contributed by atoms with Crippen molar-refractivity contribution in [3.8, 4) is 10.6 Å². The Morgan fingerprint density at radius 3 is 3.11 bits per heavy atom. The van der Waals surface area contributed by atoms with Gasteiger partial charge in [0.1, 0.15) is 5.65 Å². The molecule has 3 rings (SSSR count). The quantitative estimate of drug-likeness (QED) is 0.758. The van der Waals surface area contributed by atoms with Crippen molar-refractivity contribution in [2.45, 2.75) is 0 Å². The summed E-state index contributed by atoms with van der Waals surface area (Å²) in [6.07, 6.45) is 3.39. The highest BCUT2D eigenvalue weighted by Crippen LogP contribution is 2.34. The van der Waals surface area contributed by atoms with Crippen molar-refractivity contribution < 1.29 is 4.79 Å². The third-order valence-electron chi connectivity index (χ3n) is 2.60. The van der Waals surface area contributed by atoms with E-state index in [1.54, 1.807) is 19.4 Å². The van der Waals surface area contributed by atoms with Crippen molar-refractivity contribution in [3.05, 3.63) is 28.5 Å². The molecule has 0 aliphatic rings. The van der Waals surface area contributed by atoms with Gasteiger partial charge in [0.05, 0.1) is 10.6 Å². The molecule has 0 aliphatic carbocycles. The second-order valence-electron chi connectivity index (χ2n) is 3.72. The zero-order chi connectivity index (χ0) is 13.4. The lowest BCUT2D eigenvalue weighted by molar-refractivity contribution is 0.0962. The Labute approximate surface area is 116 Å². The second-order valence-corrected chi connectivity index (χ2v) is 5.07. The van der Waals surface area contributed by atoms with Crippen LogP contribution in [0.4, 0.5) is 0 Å². The van der Waals surface area contributed by atoms with Crippen LogP contribution in [0.5, 0.6) is 0 Å². The van der Waals surface area contributed by atoms with Gasteiger partial charge in [0.25, 0.3) is 5.91 Å². The number of nitrogens with one attached hydrogen (secondary N) is 2. The predicted molar refractivity (Wildman–Crippen MR) is 73.4 cm³/mol. The molecule has 3 aromatic heterocycles. The van der Waals surface area contributed by atoms with Gasteiger partial charge < -0.3 is 10.3 Å². The van der Waals surface area contributed by atoms with Gasteiger partial charge in [0.2, 0.25) is 5.01 Å². The Kier molecular flexibility index (Phi) is 2.92. The average Bonchev–Trinajstić information content (AvgIpc) is 3.07. The number of nitrogens with zero attached hydrogens (tertiary/aromatic N) is 3. The first-order valence-electron chi connectivity index (χ1n) is 5.38. The van der Waals surface area contributed by atoms with Crippen molar-refractivity contribution in [1.82, 2.24) is 25.5 Å². The van der Waals surface area contributed by atoms with Crippen molar-refractivity contribution in [3.63, 3.8) is 0 Å². The van der Waals surface area contributed by atoms with Crippen LogP contribution in [0.3, 0.4) is 0 Å². The minimum absolute atomic E-state index is 0.268. The molecule has 0 fully saturated rings. The van der Waals surface area contributed by atoms with Gasteiger partial charge in [-0.3, -0.25) is 4.79 Å². The second kappa shape index (κ2) is 4.60. The molecule has 8 heteroatoms. The highest BCUT2D eigenvalue weighted by atomic mass is 35.5. The highest BCUT2D eigenvalue weighted by molar-refractivity contribution is 7.16. The first-order chi connectivity index (χ1) is 9.20. The summed E-state index contributed by atoms with van der Waals surface area (Å²) >= 11 is 7.49. The van der Waals surface area contributed by atoms with E-state index in [-0.39, 0.29) is 5.91 Å². The summed E-state index contributed by atoms with van der Waals surface area (Å²) in [5.41, 5.74) is 1.38. The zero-order valence-electron chi connectivity index (χ0n) is 9.77. The minimum atomic E-state index is -0.268. The maximum atomic E-state index is 11.5. The van der Waals surface area contributed by atoms with Crippen LogP contribution in [-0.4, -0.2) is 33.1 Å². The molecule has 0 radical (unpaired) electrons. The number of carbonyl (C=O) groups is 1. The fraction of sp³-hybridized carbons (Fsp3) is 0.0909. The average molecular weight is 294 g/mol. The van der Waals surface area contributed by atoms with E-state index >= 15 is 0 Å². The van der Waals surface area contributed by atoms with Crippen molar-refractivity contribution in [1.29, 1.82) is 0 Å². The van der Waals surface area contributed by atoms with Crippen LogP contribution in [0.1, 0.15) is 9.80 Å². The molecule has 0 aromatic carbocycles. The van der Waals surface area contributed by atoms with Crippen LogP contribution in [0.2, 0.25) is 5.02 Å². The van der Waals surface area contributed by atoms with E-state index in [0.29, 0.717) is 26.2 Å². The topological polar surface area (TPSA) is 83.6 Å². The van der Waals surface area contributed by atoms with Crippen LogP contribution in [0.25, 0.3) is 21.6 Å². The number of rotatable bonds is 2. The van der Waals surface area contributed by atoms with Gasteiger partial charge in [-0.25, -0.2) is 4.98 Å². The highest BCUT2D eigenvalue weighted by Gasteiger charge is 2.16. The molecule has 3 aromatic rings. The minimum Gasteiger partial charge on any atom is -0.353 e. The summed E-state index contributed by atoms with van der Waals surface area (Å²) in [6, 6.07) is 1.84. The molecule has 0 bridgehead atoms. The van der Waals surface area contributed by atoms with Crippen LogP contribution in [0.15, 0.2) is 18.5 Å². The molecule has 0 spiro atoms. The molecule has 19 heavy (non-hydrogen) atoms. The molecule has 0 atom stereocenters. The Balaban J connectivity index is 2.11. The van der Waals surface area contributed by atoms with Gasteiger partial charge >= 0.3 is 0 Å². The summed E-state index contributed by atoms with van der Waals surface area (Å²) < 4.78 is 0. The van der Waals surface area contributed by atoms with E-state index in [9.17, 15) is 4.79 Å². The number of hydrogen-bond donors (Lipinski definition) is 2. The number of H-pyrrole nitrogens is 1. The normalized spacial score (nSPS) is 10.8. The molecular weight excluding hydrogens is 286 g/mol. The first kappa shape index (κ1) is 12.1. The molecule has 0 unspecified atom stereocenters. The lowest BCUT2D eigenvalue weighted by atomic mass is 10.2. The number of aromatic amines is 1. The van der Waals surface area contributed by atoms with Crippen LogP contribution < -0.4 is 5.32 Å². The Hall–Kier alpha value is -1.99. The molecule has 1 amide bonds. The van der Waals surface area contributed by atoms with Crippen LogP contribution in [0, 0.1) is 0 Å². The van der Waals surface area contributed by atoms with Gasteiger partial charge in [0, 0.05) is 24.8 Å². The van der Waals surface area contributed by atoms with E-state index in [2.05, 4.69) is 25.5 Å². The van der Waals surface area contributed by atoms with Crippen molar-refractivity contribution >= 4 is 39.9 Å². The molecule has 96 valence electrons. The molecule has 0 aliphatic heterocycles. The SMILES string of the molecule is CNC(=O)c1nnc(-c2cnc3[nH]ccc3c2Cl)s1. The molecular formula is C11H8ClN5OS. The summed E-state index contributed by atoms with van der Waals surface area (Å²) in [7, 11) is 1.55. The van der Waals surface area contributed by atoms with Crippen molar-refractivity contribution in [2.24, 2.45) is 0 Å². The van der Waals surface area contributed by atoms with E-state index in [1.807, 2.05) is 6.07 Å². The molecule has 3 heterocycles. The maximum Gasteiger partial charge on any atom is 0.282 e. The van der Waals surface area contributed by atoms with Crippen LogP contribution in [-0.2, 0) is 0 Å². The lowest BCUT2D eigenvalue weighted by Gasteiger charge is -1.99. The molecule has 0 saturated carbocycles. The number of halogens is 1. The summed E-state index contributed by atoms with van der Waals surface area (Å²) in [5.74, 6) is -0.268. The maximum absolute atomic E-state index is 11.5. The molecule has 2 N–H and O–H groups in total. The van der Waals surface area contributed by atoms with Gasteiger partial charge in [-0.2, -0.15) is 0 Å². The zero-order valence-corrected chi connectivity index (χ0v) is 11.3. The molecule has 0 saturated heterocycles. The summed E-state index contributed by atoms with van der Waals surface area (Å²) in [6.45, 7) is 0. The van der Waals surface area contributed by atoms with E-state index in [0.717, 1.165) is 5.39 Å². The molecule has 6 nitrogen and oxygen atoms in total. The monoisotopic (exact) mass is 293 g/mol. The van der Waals surface area contributed by atoms with Crippen LogP contribution >= 0.6 is 22.9 Å². The third-order valence-corrected chi connectivity index (χ3v) is 3.96. The number of fused-ring (bicyclic) bond motifs is 1. The van der Waals surface area contributed by atoms with Gasteiger partial charge in [-0.1, -0.05) is 22.9 Å². The van der Waals surface area contributed by atoms with E-state index in [4.69, 9.17) is 11.6 Å². The third kappa shape index (κ3) is 1.96. The predicted octanol–water partition coefficient (Wildman–Crippen LogP) is 2.09. The van der Waals surface area contributed by atoms with Gasteiger partial charge in [-0.15, -0.1) is 10.2 Å². The number of hydrogen-bond acceptors (Lipinski definition) is 5. The fourth-order valence-corrected chi connectivity index (χ4v) is 2.81. The lowest BCUT2D eigenvalue weighted by Crippen LogP contribution is -2.17.